The van der Waals surface area contributed by atoms with Gasteiger partial charge in [-0.3, -0.25) is 4.68 Å². The predicted octanol–water partition coefficient (Wildman–Crippen LogP) is 3.10. The molecule has 1 atom stereocenters. The molecule has 0 saturated heterocycles. The maximum atomic E-state index is 9.55. The van der Waals surface area contributed by atoms with Crippen LogP contribution in [0.4, 0.5) is 0 Å². The van der Waals surface area contributed by atoms with Crippen molar-refractivity contribution in [1.82, 2.24) is 24.7 Å². The molecule has 0 radical (unpaired) electrons. The van der Waals surface area contributed by atoms with E-state index >= 15 is 0 Å². The van der Waals surface area contributed by atoms with Gasteiger partial charge >= 0.3 is 0 Å². The molecular formula is C21H14N8O. The minimum Gasteiger partial charge on any atom is -0.479 e. The van der Waals surface area contributed by atoms with Crippen LogP contribution in [-0.4, -0.2) is 31.3 Å². The molecule has 144 valence electrons. The van der Waals surface area contributed by atoms with Crippen LogP contribution in [0.1, 0.15) is 23.6 Å². The van der Waals surface area contributed by atoms with Crippen LogP contribution in [0.2, 0.25) is 0 Å². The molecule has 0 aliphatic heterocycles. The summed E-state index contributed by atoms with van der Waals surface area (Å²) in [6.45, 7) is -0.111. The monoisotopic (exact) mass is 394 g/mol. The largest absolute Gasteiger partial charge is 0.479 e. The van der Waals surface area contributed by atoms with Gasteiger partial charge < -0.3 is 9.72 Å². The minimum absolute atomic E-state index is 0.0981. The molecule has 0 saturated carbocycles. The fourth-order valence-corrected chi connectivity index (χ4v) is 3.29. The molecule has 3 aromatic heterocycles. The molecule has 4 aromatic rings. The fourth-order valence-electron chi connectivity index (χ4n) is 3.29. The molecule has 4 rings (SSSR count). The zero-order valence-electron chi connectivity index (χ0n) is 15.6. The molecule has 0 fully saturated rings. The first kappa shape index (κ1) is 18.7. The summed E-state index contributed by atoms with van der Waals surface area (Å²) in [7, 11) is 0. The highest BCUT2D eigenvalue weighted by Gasteiger charge is 2.21. The van der Waals surface area contributed by atoms with Gasteiger partial charge in [0.15, 0.2) is 6.61 Å². The van der Waals surface area contributed by atoms with Gasteiger partial charge in [-0.15, -0.1) is 0 Å². The smallest absolute Gasteiger partial charge is 0.174 e. The normalized spacial score (nSPS) is 11.4. The van der Waals surface area contributed by atoms with E-state index in [-0.39, 0.29) is 13.0 Å². The van der Waals surface area contributed by atoms with Crippen molar-refractivity contribution < 1.29 is 4.74 Å². The van der Waals surface area contributed by atoms with Gasteiger partial charge in [-0.1, -0.05) is 0 Å². The lowest BCUT2D eigenvalue weighted by atomic mass is 9.98. The number of nitrogens with zero attached hydrogens (tertiary/aromatic N) is 7. The number of nitrogens with one attached hydrogen (secondary N) is 1. The highest BCUT2D eigenvalue weighted by molar-refractivity contribution is 5.89. The van der Waals surface area contributed by atoms with Gasteiger partial charge in [-0.2, -0.15) is 20.9 Å². The van der Waals surface area contributed by atoms with Gasteiger partial charge in [0.05, 0.1) is 42.1 Å². The van der Waals surface area contributed by atoms with Crippen LogP contribution in [0.3, 0.4) is 0 Å². The van der Waals surface area contributed by atoms with Crippen molar-refractivity contribution >= 4 is 11.0 Å². The SMILES string of the molecule is N#CCOc1ccc(C#N)c(C(CC#N)n2cc(-c3ncnc4[nH]ccc34)cn2)c1. The Morgan fingerprint density at radius 1 is 1.13 bits per heavy atom. The van der Waals surface area contributed by atoms with Crippen molar-refractivity contribution in [3.63, 3.8) is 0 Å². The van der Waals surface area contributed by atoms with E-state index in [0.29, 0.717) is 16.9 Å². The van der Waals surface area contributed by atoms with E-state index < -0.39 is 6.04 Å². The Labute approximate surface area is 171 Å². The lowest BCUT2D eigenvalue weighted by Gasteiger charge is -2.17. The average Bonchev–Trinajstić information content (AvgIpc) is 3.45. The second-order valence-corrected chi connectivity index (χ2v) is 6.36. The Balaban J connectivity index is 1.77. The molecule has 1 aromatic carbocycles. The molecule has 1 unspecified atom stereocenters. The third-order valence-corrected chi connectivity index (χ3v) is 4.64. The number of H-pyrrole nitrogens is 1. The maximum absolute atomic E-state index is 9.55. The summed E-state index contributed by atoms with van der Waals surface area (Å²) in [5, 5.41) is 33.0. The van der Waals surface area contributed by atoms with E-state index in [4.69, 9.17) is 10.00 Å². The van der Waals surface area contributed by atoms with E-state index in [1.807, 2.05) is 12.1 Å². The summed E-state index contributed by atoms with van der Waals surface area (Å²) in [5.41, 5.74) is 3.20. The second kappa shape index (κ2) is 8.14. The lowest BCUT2D eigenvalue weighted by Crippen LogP contribution is -2.12. The standard InChI is InChI=1S/C21H14N8O/c22-5-3-19(18-9-16(30-8-6-23)2-1-14(18)10-24)29-12-15(11-28-29)20-17-4-7-25-21(17)27-13-26-20/h1-2,4,7,9,11-13,19H,3,8H2,(H,25,26,27). The van der Waals surface area contributed by atoms with Gasteiger partial charge in [0, 0.05) is 23.3 Å². The number of ether oxygens (including phenoxy) is 1. The lowest BCUT2D eigenvalue weighted by molar-refractivity contribution is 0.367. The average molecular weight is 394 g/mol. The number of hydrogen-bond donors (Lipinski definition) is 1. The van der Waals surface area contributed by atoms with E-state index in [1.165, 1.54) is 6.33 Å². The number of fused-ring (bicyclic) bond motifs is 1. The van der Waals surface area contributed by atoms with Crippen molar-refractivity contribution in [2.45, 2.75) is 12.5 Å². The van der Waals surface area contributed by atoms with Crippen molar-refractivity contribution in [2.75, 3.05) is 6.61 Å². The van der Waals surface area contributed by atoms with Gasteiger partial charge in [0.2, 0.25) is 0 Å². The third-order valence-electron chi connectivity index (χ3n) is 4.64. The number of hydrogen-bond acceptors (Lipinski definition) is 7. The van der Waals surface area contributed by atoms with Crippen molar-refractivity contribution in [3.05, 3.63) is 60.3 Å². The summed E-state index contributed by atoms with van der Waals surface area (Å²) < 4.78 is 7.01. The Hall–Kier alpha value is -4.68. The number of rotatable bonds is 6. The highest BCUT2D eigenvalue weighted by atomic mass is 16.5. The molecule has 0 bridgehead atoms. The van der Waals surface area contributed by atoms with Crippen LogP contribution in [0, 0.1) is 34.0 Å². The number of nitriles is 3. The van der Waals surface area contributed by atoms with Gasteiger partial charge in [0.25, 0.3) is 0 Å². The van der Waals surface area contributed by atoms with Crippen LogP contribution < -0.4 is 4.74 Å². The highest BCUT2D eigenvalue weighted by Crippen LogP contribution is 2.31. The topological polar surface area (TPSA) is 140 Å². The van der Waals surface area contributed by atoms with Gasteiger partial charge in [0.1, 0.15) is 23.8 Å². The number of aromatic nitrogens is 5. The van der Waals surface area contributed by atoms with Crippen LogP contribution in [-0.2, 0) is 0 Å². The zero-order chi connectivity index (χ0) is 20.9. The molecular weight excluding hydrogens is 380 g/mol. The molecule has 9 nitrogen and oxygen atoms in total. The first-order valence-corrected chi connectivity index (χ1v) is 8.98. The number of aromatic amines is 1. The Morgan fingerprint density at radius 3 is 2.83 bits per heavy atom. The van der Waals surface area contributed by atoms with E-state index in [9.17, 15) is 10.5 Å². The molecule has 9 heteroatoms. The molecule has 0 aliphatic rings. The van der Waals surface area contributed by atoms with Crippen LogP contribution in [0.5, 0.6) is 5.75 Å². The van der Waals surface area contributed by atoms with E-state index in [0.717, 1.165) is 22.3 Å². The summed E-state index contributed by atoms with van der Waals surface area (Å²) in [6.07, 6.45) is 6.82. The van der Waals surface area contributed by atoms with Gasteiger partial charge in [-0.05, 0) is 29.8 Å². The number of benzene rings is 1. The summed E-state index contributed by atoms with van der Waals surface area (Å²) in [6, 6.07) is 12.5. The molecule has 3 heterocycles. The van der Waals surface area contributed by atoms with Crippen LogP contribution in [0.25, 0.3) is 22.3 Å². The second-order valence-electron chi connectivity index (χ2n) is 6.36. The summed E-state index contributed by atoms with van der Waals surface area (Å²) in [4.78, 5) is 11.6. The summed E-state index contributed by atoms with van der Waals surface area (Å²) in [5.74, 6) is 0.450. The Kier molecular flexibility index (Phi) is 5.06. The van der Waals surface area contributed by atoms with Crippen LogP contribution in [0.15, 0.2) is 49.2 Å². The zero-order valence-corrected chi connectivity index (χ0v) is 15.6. The molecule has 30 heavy (non-hydrogen) atoms. The molecule has 0 amide bonds. The fraction of sp³-hybridized carbons (Fsp3) is 0.143. The maximum Gasteiger partial charge on any atom is 0.174 e. The minimum atomic E-state index is -0.507. The first-order chi connectivity index (χ1) is 14.7. The predicted molar refractivity (Wildman–Crippen MR) is 106 cm³/mol. The molecule has 1 N–H and O–H groups in total. The van der Waals surface area contributed by atoms with Crippen molar-refractivity contribution in [3.8, 4) is 35.2 Å². The van der Waals surface area contributed by atoms with E-state index in [2.05, 4.69) is 32.2 Å². The molecule has 0 spiro atoms. The van der Waals surface area contributed by atoms with E-state index in [1.54, 1.807) is 41.5 Å². The quantitative estimate of drug-likeness (QED) is 0.530. The Bertz CT molecular complexity index is 1330. The first-order valence-electron chi connectivity index (χ1n) is 8.98. The third kappa shape index (κ3) is 3.42. The Morgan fingerprint density at radius 2 is 2.03 bits per heavy atom. The van der Waals surface area contributed by atoms with Crippen LogP contribution >= 0.6 is 0 Å². The molecule has 0 aliphatic carbocycles. The van der Waals surface area contributed by atoms with Crippen molar-refractivity contribution in [2.24, 2.45) is 0 Å². The van der Waals surface area contributed by atoms with Crippen molar-refractivity contribution in [1.29, 1.82) is 15.8 Å². The summed E-state index contributed by atoms with van der Waals surface area (Å²) >= 11 is 0. The van der Waals surface area contributed by atoms with Gasteiger partial charge in [-0.25, -0.2) is 9.97 Å².